The first-order valence-electron chi connectivity index (χ1n) is 6.39. The maximum atomic E-state index is 12.3. The van der Waals surface area contributed by atoms with Crippen molar-refractivity contribution in [1.82, 2.24) is 4.98 Å². The van der Waals surface area contributed by atoms with Gasteiger partial charge in [-0.25, -0.2) is 4.98 Å². The fraction of sp³-hybridized carbons (Fsp3) is 0.615. The minimum Gasteiger partial charge on any atom is -0.489 e. The van der Waals surface area contributed by atoms with Crippen LogP contribution >= 0.6 is 0 Å². The van der Waals surface area contributed by atoms with E-state index in [1.807, 2.05) is 0 Å². The van der Waals surface area contributed by atoms with Gasteiger partial charge in [0.2, 0.25) is 0 Å². The molecule has 0 spiro atoms. The third-order valence-electron chi connectivity index (χ3n) is 3.46. The van der Waals surface area contributed by atoms with Crippen molar-refractivity contribution in [3.63, 3.8) is 0 Å². The van der Waals surface area contributed by atoms with E-state index >= 15 is 0 Å². The summed E-state index contributed by atoms with van der Waals surface area (Å²) in [5.74, 6) is 0.940. The Balaban J connectivity index is 1.90. The lowest BCUT2D eigenvalue weighted by atomic mass is 9.87. The average molecular weight is 274 g/mol. The fourth-order valence-corrected chi connectivity index (χ4v) is 2.30. The monoisotopic (exact) mass is 274 g/mol. The standard InChI is InChI=1S/C13H17F3N2O/c14-13(15,16)12-6-5-11(8-18-12)19-10-3-1-9(7-17)2-4-10/h5-6,8-10H,1-4,7,17H2. The number of aromatic nitrogens is 1. The van der Waals surface area contributed by atoms with Crippen LogP contribution in [-0.2, 0) is 6.18 Å². The van der Waals surface area contributed by atoms with Crippen LogP contribution in [0.2, 0.25) is 0 Å². The number of hydrogen-bond acceptors (Lipinski definition) is 3. The summed E-state index contributed by atoms with van der Waals surface area (Å²) in [6.45, 7) is 0.689. The highest BCUT2D eigenvalue weighted by molar-refractivity contribution is 5.21. The Morgan fingerprint density at radius 3 is 2.37 bits per heavy atom. The summed E-state index contributed by atoms with van der Waals surface area (Å²) in [4.78, 5) is 3.38. The maximum absolute atomic E-state index is 12.3. The van der Waals surface area contributed by atoms with Crippen molar-refractivity contribution in [3.8, 4) is 5.75 Å². The molecule has 1 aliphatic rings. The molecule has 1 heterocycles. The Morgan fingerprint density at radius 2 is 1.89 bits per heavy atom. The molecule has 1 aromatic heterocycles. The van der Waals surface area contributed by atoms with Crippen LogP contribution in [0.5, 0.6) is 5.75 Å². The van der Waals surface area contributed by atoms with Gasteiger partial charge in [-0.1, -0.05) is 0 Å². The molecule has 0 aromatic carbocycles. The van der Waals surface area contributed by atoms with E-state index in [4.69, 9.17) is 10.5 Å². The fourth-order valence-electron chi connectivity index (χ4n) is 2.30. The highest BCUT2D eigenvalue weighted by Gasteiger charge is 2.32. The predicted molar refractivity (Wildman–Crippen MR) is 64.7 cm³/mol. The van der Waals surface area contributed by atoms with Crippen molar-refractivity contribution in [2.45, 2.75) is 38.0 Å². The molecule has 1 aliphatic carbocycles. The molecule has 0 amide bonds. The summed E-state index contributed by atoms with van der Waals surface area (Å²) in [6.07, 6.45) is 0.590. The predicted octanol–water partition coefficient (Wildman–Crippen LogP) is 3.00. The van der Waals surface area contributed by atoms with Gasteiger partial charge in [-0.3, -0.25) is 0 Å². The molecule has 0 unspecified atom stereocenters. The summed E-state index contributed by atoms with van der Waals surface area (Å²) in [5, 5.41) is 0. The smallest absolute Gasteiger partial charge is 0.433 e. The molecule has 0 saturated heterocycles. The summed E-state index contributed by atoms with van der Waals surface area (Å²) >= 11 is 0. The minimum absolute atomic E-state index is 0.0568. The van der Waals surface area contributed by atoms with Crippen LogP contribution in [0.25, 0.3) is 0 Å². The van der Waals surface area contributed by atoms with E-state index < -0.39 is 11.9 Å². The molecule has 3 nitrogen and oxygen atoms in total. The Hall–Kier alpha value is -1.30. The van der Waals surface area contributed by atoms with Gasteiger partial charge >= 0.3 is 6.18 Å². The van der Waals surface area contributed by atoms with E-state index in [2.05, 4.69) is 4.98 Å². The molecule has 1 saturated carbocycles. The Labute approximate surface area is 110 Å². The lowest BCUT2D eigenvalue weighted by molar-refractivity contribution is -0.141. The number of ether oxygens (including phenoxy) is 1. The minimum atomic E-state index is -4.41. The normalized spacial score (nSPS) is 24.2. The lowest BCUT2D eigenvalue weighted by Gasteiger charge is -2.28. The van der Waals surface area contributed by atoms with Crippen LogP contribution in [0.4, 0.5) is 13.2 Å². The first kappa shape index (κ1) is 14.1. The molecule has 19 heavy (non-hydrogen) atoms. The number of pyridine rings is 1. The van der Waals surface area contributed by atoms with Crippen LogP contribution in [0.1, 0.15) is 31.4 Å². The van der Waals surface area contributed by atoms with Gasteiger partial charge in [-0.2, -0.15) is 13.2 Å². The van der Waals surface area contributed by atoms with Gasteiger partial charge in [0, 0.05) is 0 Å². The quantitative estimate of drug-likeness (QED) is 0.921. The largest absolute Gasteiger partial charge is 0.489 e. The SMILES string of the molecule is NCC1CCC(Oc2ccc(C(F)(F)F)nc2)CC1. The Kier molecular flexibility index (Phi) is 4.29. The van der Waals surface area contributed by atoms with E-state index in [-0.39, 0.29) is 6.10 Å². The summed E-state index contributed by atoms with van der Waals surface area (Å²) in [6, 6.07) is 2.27. The number of alkyl halides is 3. The van der Waals surface area contributed by atoms with E-state index in [0.29, 0.717) is 18.2 Å². The van der Waals surface area contributed by atoms with Gasteiger partial charge in [-0.05, 0) is 50.3 Å². The van der Waals surface area contributed by atoms with Crippen molar-refractivity contribution in [2.75, 3.05) is 6.54 Å². The van der Waals surface area contributed by atoms with E-state index in [1.54, 1.807) is 0 Å². The zero-order valence-electron chi connectivity index (χ0n) is 10.5. The molecule has 1 fully saturated rings. The molecule has 2 N–H and O–H groups in total. The average Bonchev–Trinajstić information content (AvgIpc) is 2.39. The highest BCUT2D eigenvalue weighted by Crippen LogP contribution is 2.30. The molecule has 0 radical (unpaired) electrons. The summed E-state index contributed by atoms with van der Waals surface area (Å²) in [7, 11) is 0. The molecule has 6 heteroatoms. The molecular weight excluding hydrogens is 257 g/mol. The topological polar surface area (TPSA) is 48.1 Å². The maximum Gasteiger partial charge on any atom is 0.433 e. The lowest BCUT2D eigenvalue weighted by Crippen LogP contribution is -2.27. The van der Waals surface area contributed by atoms with Crippen molar-refractivity contribution in [3.05, 3.63) is 24.0 Å². The third kappa shape index (κ3) is 3.83. The second kappa shape index (κ2) is 5.77. The Bertz CT molecular complexity index is 397. The van der Waals surface area contributed by atoms with E-state index in [9.17, 15) is 13.2 Å². The van der Waals surface area contributed by atoms with E-state index in [1.165, 1.54) is 6.07 Å². The van der Waals surface area contributed by atoms with Crippen LogP contribution in [0.3, 0.4) is 0 Å². The van der Waals surface area contributed by atoms with Gasteiger partial charge in [0.15, 0.2) is 0 Å². The Morgan fingerprint density at radius 1 is 1.21 bits per heavy atom. The van der Waals surface area contributed by atoms with Gasteiger partial charge in [-0.15, -0.1) is 0 Å². The second-order valence-electron chi connectivity index (χ2n) is 4.87. The summed E-state index contributed by atoms with van der Waals surface area (Å²) in [5.41, 5.74) is 4.70. The third-order valence-corrected chi connectivity index (χ3v) is 3.46. The molecule has 1 aromatic rings. The number of nitrogens with zero attached hydrogens (tertiary/aromatic N) is 1. The van der Waals surface area contributed by atoms with Crippen molar-refractivity contribution in [2.24, 2.45) is 11.7 Å². The zero-order chi connectivity index (χ0) is 13.9. The number of nitrogens with two attached hydrogens (primary N) is 1. The van der Waals surface area contributed by atoms with Gasteiger partial charge in [0.1, 0.15) is 11.4 Å². The van der Waals surface area contributed by atoms with Crippen molar-refractivity contribution in [1.29, 1.82) is 0 Å². The number of rotatable bonds is 3. The molecule has 0 atom stereocenters. The molecule has 106 valence electrons. The first-order valence-corrected chi connectivity index (χ1v) is 6.39. The van der Waals surface area contributed by atoms with Crippen molar-refractivity contribution >= 4 is 0 Å². The van der Waals surface area contributed by atoms with Crippen LogP contribution in [-0.4, -0.2) is 17.6 Å². The van der Waals surface area contributed by atoms with Crippen LogP contribution in [0, 0.1) is 5.92 Å². The zero-order valence-corrected chi connectivity index (χ0v) is 10.5. The summed E-state index contributed by atoms with van der Waals surface area (Å²) < 4.78 is 42.7. The molecule has 0 bridgehead atoms. The van der Waals surface area contributed by atoms with Crippen molar-refractivity contribution < 1.29 is 17.9 Å². The van der Waals surface area contributed by atoms with Gasteiger partial charge < -0.3 is 10.5 Å². The van der Waals surface area contributed by atoms with Crippen LogP contribution < -0.4 is 10.5 Å². The van der Waals surface area contributed by atoms with Gasteiger partial charge in [0.25, 0.3) is 0 Å². The molecular formula is C13H17F3N2O. The number of halogens is 3. The van der Waals surface area contributed by atoms with E-state index in [0.717, 1.165) is 37.9 Å². The number of hydrogen-bond donors (Lipinski definition) is 1. The first-order chi connectivity index (χ1) is 8.99. The van der Waals surface area contributed by atoms with Crippen LogP contribution in [0.15, 0.2) is 18.3 Å². The van der Waals surface area contributed by atoms with Gasteiger partial charge in [0.05, 0.1) is 12.3 Å². The molecule has 2 rings (SSSR count). The highest BCUT2D eigenvalue weighted by atomic mass is 19.4. The molecule has 0 aliphatic heterocycles. The second-order valence-corrected chi connectivity index (χ2v) is 4.87.